The minimum absolute atomic E-state index is 0.0388. The number of H-pyrrole nitrogens is 2. The van der Waals surface area contributed by atoms with Gasteiger partial charge in [0.05, 0.1) is 17.8 Å². The quantitative estimate of drug-likeness (QED) is 0.473. The van der Waals surface area contributed by atoms with E-state index >= 15 is 0 Å². The highest BCUT2D eigenvalue weighted by atomic mass is 79.9. The van der Waals surface area contributed by atoms with Crippen LogP contribution in [0.25, 0.3) is 0 Å². The predicted molar refractivity (Wildman–Crippen MR) is 131 cm³/mol. The van der Waals surface area contributed by atoms with Crippen LogP contribution in [0.1, 0.15) is 56.4 Å². The van der Waals surface area contributed by atoms with E-state index in [1.807, 2.05) is 4.90 Å². The number of halogens is 1. The van der Waals surface area contributed by atoms with E-state index in [1.165, 1.54) is 23.4 Å². The molecule has 6 rings (SSSR count). The number of aromatic amines is 2. The average molecular weight is 537 g/mol. The third-order valence-corrected chi connectivity index (χ3v) is 8.36. The number of rotatable bonds is 4. The minimum Gasteiger partial charge on any atom is -0.366 e. The number of fused-ring (bicyclic) bond motifs is 2. The molecule has 1 aliphatic heterocycles. The molecule has 1 saturated heterocycles. The zero-order chi connectivity index (χ0) is 24.3. The number of aryl methyl sites for hydroxylation is 1. The van der Waals surface area contributed by atoms with Crippen LogP contribution in [0.4, 0.5) is 0 Å². The normalized spacial score (nSPS) is 25.1. The molecule has 3 heterocycles. The molecule has 3 aromatic rings. The second-order valence-corrected chi connectivity index (χ2v) is 10.6. The number of amides is 3. The Balaban J connectivity index is 1.23. The van der Waals surface area contributed by atoms with E-state index < -0.39 is 5.91 Å². The van der Waals surface area contributed by atoms with Crippen molar-refractivity contribution in [3.8, 4) is 0 Å². The first-order valence-electron chi connectivity index (χ1n) is 11.7. The summed E-state index contributed by atoms with van der Waals surface area (Å²) in [4.78, 5) is 44.9. The highest BCUT2D eigenvalue weighted by Crippen LogP contribution is 2.62. The Kier molecular flexibility index (Phi) is 5.10. The molecular weight excluding hydrogens is 512 g/mol. The van der Waals surface area contributed by atoms with Gasteiger partial charge in [0.25, 0.3) is 5.91 Å². The number of benzene rings is 1. The number of nitrogens with one attached hydrogen (secondary N) is 2. The predicted octanol–water partition coefficient (Wildman–Crippen LogP) is 2.53. The fourth-order valence-electron chi connectivity index (χ4n) is 5.94. The van der Waals surface area contributed by atoms with E-state index in [2.05, 4.69) is 49.3 Å². The van der Waals surface area contributed by atoms with Crippen LogP contribution in [0.2, 0.25) is 0 Å². The second kappa shape index (κ2) is 8.08. The summed E-state index contributed by atoms with van der Waals surface area (Å²) in [6.45, 7) is 1.19. The maximum Gasteiger partial charge on any atom is 0.270 e. The van der Waals surface area contributed by atoms with Crippen LogP contribution in [0.5, 0.6) is 0 Å². The molecule has 3 atom stereocenters. The number of nitrogens with zero attached hydrogens (tertiary/aromatic N) is 3. The molecule has 1 aromatic carbocycles. The lowest BCUT2D eigenvalue weighted by Crippen LogP contribution is -2.53. The van der Waals surface area contributed by atoms with Crippen LogP contribution >= 0.6 is 15.9 Å². The van der Waals surface area contributed by atoms with E-state index in [4.69, 9.17) is 5.73 Å². The molecule has 9 nitrogen and oxygen atoms in total. The summed E-state index contributed by atoms with van der Waals surface area (Å²) in [6, 6.07) is 7.58. The maximum atomic E-state index is 13.9. The number of carbonyl (C=O) groups is 3. The summed E-state index contributed by atoms with van der Waals surface area (Å²) in [7, 11) is 0. The van der Waals surface area contributed by atoms with Gasteiger partial charge in [-0.3, -0.25) is 19.5 Å². The van der Waals surface area contributed by atoms with E-state index in [0.717, 1.165) is 29.3 Å². The van der Waals surface area contributed by atoms with Crippen LogP contribution in [-0.4, -0.2) is 62.3 Å². The monoisotopic (exact) mass is 536 g/mol. The van der Waals surface area contributed by atoms with Gasteiger partial charge in [0, 0.05) is 53.4 Å². The average Bonchev–Trinajstić information content (AvgIpc) is 3.28. The molecule has 0 bridgehead atoms. The number of aromatic nitrogens is 3. The summed E-state index contributed by atoms with van der Waals surface area (Å²) in [6.07, 6.45) is 7.80. The molecule has 2 fully saturated rings. The number of hydrogen-bond acceptors (Lipinski definition) is 4. The lowest BCUT2D eigenvalue weighted by atomic mass is 9.94. The van der Waals surface area contributed by atoms with Gasteiger partial charge in [-0.15, -0.1) is 0 Å². The molecule has 10 heteroatoms. The standard InChI is InChI=1S/C25H25BrN6O3/c26-17-1-2-18-14(7-17)3-4-25(18)9-19(25)23(34)32-6-5-31(13-21(32)16-11-29-30-12-16)24(35)20-8-15(10-28-20)22(27)33/h1-2,7-8,10-12,19,21,28H,3-6,9,13H2,(H2,27,33)(H,29,30). The van der Waals surface area contributed by atoms with Crippen molar-refractivity contribution in [1.82, 2.24) is 25.0 Å². The van der Waals surface area contributed by atoms with Crippen LogP contribution in [0, 0.1) is 5.92 Å². The van der Waals surface area contributed by atoms with E-state index in [9.17, 15) is 14.4 Å². The topological polar surface area (TPSA) is 128 Å². The lowest BCUT2D eigenvalue weighted by molar-refractivity contribution is -0.138. The van der Waals surface area contributed by atoms with E-state index in [0.29, 0.717) is 25.3 Å². The van der Waals surface area contributed by atoms with Crippen LogP contribution in [0.15, 0.2) is 47.3 Å². The first kappa shape index (κ1) is 22.1. The number of piperazine rings is 1. The van der Waals surface area contributed by atoms with Gasteiger partial charge in [0.15, 0.2) is 0 Å². The first-order chi connectivity index (χ1) is 16.9. The van der Waals surface area contributed by atoms with Crippen molar-refractivity contribution in [2.45, 2.75) is 30.7 Å². The van der Waals surface area contributed by atoms with Crippen LogP contribution < -0.4 is 5.73 Å². The Morgan fingerprint density at radius 3 is 2.77 bits per heavy atom. The summed E-state index contributed by atoms with van der Waals surface area (Å²) < 4.78 is 1.07. The SMILES string of the molecule is NC(=O)c1c[nH]c(C(=O)N2CCN(C(=O)C3CC34CCc3cc(Br)ccc34)C(c3cn[nH]c3)C2)c1. The Bertz CT molecular complexity index is 1330. The highest BCUT2D eigenvalue weighted by Gasteiger charge is 2.62. The summed E-state index contributed by atoms with van der Waals surface area (Å²) >= 11 is 3.56. The van der Waals surface area contributed by atoms with Crippen molar-refractivity contribution >= 4 is 33.7 Å². The van der Waals surface area contributed by atoms with Crippen molar-refractivity contribution in [2.24, 2.45) is 11.7 Å². The highest BCUT2D eigenvalue weighted by molar-refractivity contribution is 9.10. The molecule has 1 saturated carbocycles. The first-order valence-corrected chi connectivity index (χ1v) is 12.5. The number of primary amides is 1. The zero-order valence-corrected chi connectivity index (χ0v) is 20.5. The van der Waals surface area contributed by atoms with Gasteiger partial charge in [-0.2, -0.15) is 5.10 Å². The molecule has 0 radical (unpaired) electrons. The van der Waals surface area contributed by atoms with Crippen LogP contribution in [0.3, 0.4) is 0 Å². The fourth-order valence-corrected chi connectivity index (χ4v) is 6.35. The van der Waals surface area contributed by atoms with Gasteiger partial charge in [-0.05, 0) is 48.6 Å². The van der Waals surface area contributed by atoms with Crippen molar-refractivity contribution in [2.75, 3.05) is 19.6 Å². The molecule has 3 aliphatic rings. The summed E-state index contributed by atoms with van der Waals surface area (Å²) in [5, 5.41) is 6.92. The van der Waals surface area contributed by atoms with Gasteiger partial charge in [0.2, 0.25) is 11.8 Å². The lowest BCUT2D eigenvalue weighted by Gasteiger charge is -2.41. The van der Waals surface area contributed by atoms with Gasteiger partial charge in [-0.1, -0.05) is 22.0 Å². The number of carbonyl (C=O) groups excluding carboxylic acids is 3. The Hall–Kier alpha value is -3.40. The van der Waals surface area contributed by atoms with Crippen LogP contribution in [-0.2, 0) is 16.6 Å². The van der Waals surface area contributed by atoms with E-state index in [1.54, 1.807) is 17.3 Å². The van der Waals surface area contributed by atoms with Crippen molar-refractivity contribution in [1.29, 1.82) is 0 Å². The molecule has 35 heavy (non-hydrogen) atoms. The summed E-state index contributed by atoms with van der Waals surface area (Å²) in [5.41, 5.74) is 9.34. The molecule has 3 unspecified atom stereocenters. The van der Waals surface area contributed by atoms with Crippen molar-refractivity contribution in [3.63, 3.8) is 0 Å². The van der Waals surface area contributed by atoms with Crippen molar-refractivity contribution < 1.29 is 14.4 Å². The minimum atomic E-state index is -0.591. The van der Waals surface area contributed by atoms with Crippen molar-refractivity contribution in [3.05, 3.63) is 75.3 Å². The Morgan fingerprint density at radius 1 is 1.17 bits per heavy atom. The Labute approximate surface area is 210 Å². The second-order valence-electron chi connectivity index (χ2n) is 9.71. The number of hydrogen-bond donors (Lipinski definition) is 3. The van der Waals surface area contributed by atoms with E-state index in [-0.39, 0.29) is 34.8 Å². The van der Waals surface area contributed by atoms with Gasteiger partial charge in [-0.25, -0.2) is 0 Å². The fraction of sp³-hybridized carbons (Fsp3) is 0.360. The molecule has 4 N–H and O–H groups in total. The van der Waals surface area contributed by atoms with Gasteiger partial charge in [0.1, 0.15) is 5.69 Å². The van der Waals surface area contributed by atoms with Gasteiger partial charge >= 0.3 is 0 Å². The third kappa shape index (κ3) is 3.58. The molecule has 2 aromatic heterocycles. The Morgan fingerprint density at radius 2 is 2.03 bits per heavy atom. The molecule has 180 valence electrons. The summed E-state index contributed by atoms with van der Waals surface area (Å²) in [5.74, 6) is -0.708. The smallest absolute Gasteiger partial charge is 0.270 e. The molecule has 2 aliphatic carbocycles. The largest absolute Gasteiger partial charge is 0.366 e. The molecule has 3 amide bonds. The molecule has 1 spiro atoms. The number of nitrogens with two attached hydrogens (primary N) is 1. The molecular formula is C25H25BrN6O3. The zero-order valence-electron chi connectivity index (χ0n) is 19.0. The third-order valence-electron chi connectivity index (χ3n) is 7.87. The van der Waals surface area contributed by atoms with Gasteiger partial charge < -0.3 is 20.5 Å². The maximum absolute atomic E-state index is 13.9.